The summed E-state index contributed by atoms with van der Waals surface area (Å²) in [6.07, 6.45) is 7.17. The van der Waals surface area contributed by atoms with Crippen LogP contribution < -0.4 is 4.74 Å². The van der Waals surface area contributed by atoms with Gasteiger partial charge < -0.3 is 19.7 Å². The molecule has 2 N–H and O–H groups in total. The Hall–Kier alpha value is -2.83. The minimum Gasteiger partial charge on any atom is -0.504 e. The Morgan fingerprint density at radius 3 is 2.43 bits per heavy atom. The molecule has 0 radical (unpaired) electrons. The SMILES string of the molecule is CCCCCCCCOC(=O)C1=Cc2cc(OC)c(O)c(O)c2C(=O)C(=O)C1. The summed E-state index contributed by atoms with van der Waals surface area (Å²) >= 11 is 0. The molecule has 1 aliphatic carbocycles. The van der Waals surface area contributed by atoms with Gasteiger partial charge in [-0.3, -0.25) is 9.59 Å². The third-order valence-corrected chi connectivity index (χ3v) is 4.64. The number of phenolic OH excluding ortho intramolecular Hbond substituents is 2. The van der Waals surface area contributed by atoms with Gasteiger partial charge in [0, 0.05) is 12.0 Å². The summed E-state index contributed by atoms with van der Waals surface area (Å²) in [6, 6.07) is 1.29. The minimum absolute atomic E-state index is 0.0234. The van der Waals surface area contributed by atoms with Crippen LogP contribution >= 0.6 is 0 Å². The molecular weight excluding hydrogens is 364 g/mol. The maximum absolute atomic E-state index is 12.4. The van der Waals surface area contributed by atoms with Crippen molar-refractivity contribution in [1.82, 2.24) is 0 Å². The maximum atomic E-state index is 12.4. The second-order valence-electron chi connectivity index (χ2n) is 6.74. The van der Waals surface area contributed by atoms with Crippen molar-refractivity contribution in [3.8, 4) is 17.2 Å². The van der Waals surface area contributed by atoms with E-state index in [1.165, 1.54) is 25.7 Å². The number of carbonyl (C=O) groups is 3. The fourth-order valence-electron chi connectivity index (χ4n) is 3.06. The Morgan fingerprint density at radius 2 is 1.75 bits per heavy atom. The summed E-state index contributed by atoms with van der Waals surface area (Å²) in [4.78, 5) is 36.8. The average molecular weight is 390 g/mol. The number of benzene rings is 1. The van der Waals surface area contributed by atoms with E-state index in [4.69, 9.17) is 9.47 Å². The molecule has 28 heavy (non-hydrogen) atoms. The van der Waals surface area contributed by atoms with E-state index in [0.29, 0.717) is 0 Å². The van der Waals surface area contributed by atoms with Gasteiger partial charge >= 0.3 is 5.97 Å². The van der Waals surface area contributed by atoms with Gasteiger partial charge in [-0.1, -0.05) is 39.0 Å². The first kappa shape index (κ1) is 21.5. The minimum atomic E-state index is -0.972. The lowest BCUT2D eigenvalue weighted by Gasteiger charge is -2.11. The molecule has 0 fully saturated rings. The fourth-order valence-corrected chi connectivity index (χ4v) is 3.06. The van der Waals surface area contributed by atoms with Crippen LogP contribution in [0.15, 0.2) is 11.6 Å². The number of methoxy groups -OCH3 is 1. The van der Waals surface area contributed by atoms with Crippen molar-refractivity contribution >= 4 is 23.6 Å². The number of unbranched alkanes of at least 4 members (excludes halogenated alkanes) is 5. The highest BCUT2D eigenvalue weighted by molar-refractivity contribution is 6.46. The number of ether oxygens (including phenoxy) is 2. The van der Waals surface area contributed by atoms with Crippen molar-refractivity contribution in [3.63, 3.8) is 0 Å². The van der Waals surface area contributed by atoms with E-state index in [1.54, 1.807) is 0 Å². The Labute approximate surface area is 164 Å². The Bertz CT molecular complexity index is 792. The van der Waals surface area contributed by atoms with E-state index >= 15 is 0 Å². The zero-order chi connectivity index (χ0) is 20.7. The van der Waals surface area contributed by atoms with Crippen molar-refractivity contribution in [2.24, 2.45) is 0 Å². The molecule has 1 aromatic carbocycles. The Balaban J connectivity index is 2.14. The molecule has 0 amide bonds. The molecule has 2 rings (SSSR count). The highest BCUT2D eigenvalue weighted by Gasteiger charge is 2.32. The van der Waals surface area contributed by atoms with Gasteiger partial charge in [-0.15, -0.1) is 0 Å². The smallest absolute Gasteiger partial charge is 0.334 e. The number of ketones is 2. The standard InChI is InChI=1S/C21H26O7/c1-3-4-5-6-7-8-9-28-21(26)14-10-13-12-16(27-2)19(24)20(25)17(13)18(23)15(22)11-14/h10,12,24-25H,3-9,11H2,1-2H3. The zero-order valence-electron chi connectivity index (χ0n) is 16.2. The van der Waals surface area contributed by atoms with Crippen LogP contribution in [-0.2, 0) is 14.3 Å². The monoisotopic (exact) mass is 390 g/mol. The molecule has 0 heterocycles. The first-order valence-electron chi connectivity index (χ1n) is 9.48. The number of rotatable bonds is 9. The van der Waals surface area contributed by atoms with Crippen LogP contribution in [0, 0.1) is 0 Å². The summed E-state index contributed by atoms with van der Waals surface area (Å²) in [5, 5.41) is 20.0. The Kier molecular flexibility index (Phi) is 7.61. The van der Waals surface area contributed by atoms with Crippen molar-refractivity contribution < 1.29 is 34.1 Å². The average Bonchev–Trinajstić information content (AvgIpc) is 2.80. The lowest BCUT2D eigenvalue weighted by molar-refractivity contribution is -0.139. The number of hydrogen-bond acceptors (Lipinski definition) is 7. The maximum Gasteiger partial charge on any atom is 0.334 e. The molecule has 0 aromatic heterocycles. The van der Waals surface area contributed by atoms with Crippen LogP contribution in [0.2, 0.25) is 0 Å². The molecule has 7 heteroatoms. The molecular formula is C21H26O7. The quantitative estimate of drug-likeness (QED) is 0.287. The Morgan fingerprint density at radius 1 is 1.07 bits per heavy atom. The summed E-state index contributed by atoms with van der Waals surface area (Å²) in [5.41, 5.74) is -0.202. The van der Waals surface area contributed by atoms with Crippen LogP contribution in [0.25, 0.3) is 6.08 Å². The van der Waals surface area contributed by atoms with E-state index in [0.717, 1.165) is 32.1 Å². The van der Waals surface area contributed by atoms with Gasteiger partial charge in [0.2, 0.25) is 17.3 Å². The molecule has 1 aliphatic rings. The highest BCUT2D eigenvalue weighted by atomic mass is 16.5. The van der Waals surface area contributed by atoms with Gasteiger partial charge in [-0.05, 0) is 24.1 Å². The number of esters is 1. The summed E-state index contributed by atoms with van der Waals surface area (Å²) in [7, 11) is 1.28. The van der Waals surface area contributed by atoms with Crippen LogP contribution in [0.4, 0.5) is 0 Å². The molecule has 0 saturated carbocycles. The summed E-state index contributed by atoms with van der Waals surface area (Å²) < 4.78 is 10.2. The third kappa shape index (κ3) is 4.91. The lowest BCUT2D eigenvalue weighted by Crippen LogP contribution is -2.17. The molecule has 0 saturated heterocycles. The number of hydrogen-bond donors (Lipinski definition) is 2. The van der Waals surface area contributed by atoms with Gasteiger partial charge in [0.25, 0.3) is 0 Å². The molecule has 0 atom stereocenters. The van der Waals surface area contributed by atoms with Crippen molar-refractivity contribution in [3.05, 3.63) is 22.8 Å². The summed E-state index contributed by atoms with van der Waals surface area (Å²) in [5.74, 6) is -3.96. The van der Waals surface area contributed by atoms with Gasteiger partial charge in [0.15, 0.2) is 11.5 Å². The summed E-state index contributed by atoms with van der Waals surface area (Å²) in [6.45, 7) is 2.38. The number of fused-ring (bicyclic) bond motifs is 1. The molecule has 0 unspecified atom stereocenters. The van der Waals surface area contributed by atoms with Crippen LogP contribution in [0.3, 0.4) is 0 Å². The van der Waals surface area contributed by atoms with Crippen molar-refractivity contribution in [1.29, 1.82) is 0 Å². The fraction of sp³-hybridized carbons (Fsp3) is 0.476. The third-order valence-electron chi connectivity index (χ3n) is 4.64. The molecule has 0 aliphatic heterocycles. The second kappa shape index (κ2) is 9.92. The number of carbonyl (C=O) groups excluding carboxylic acids is 3. The van der Waals surface area contributed by atoms with E-state index in [2.05, 4.69) is 6.92 Å². The van der Waals surface area contributed by atoms with Gasteiger partial charge in [-0.25, -0.2) is 4.79 Å². The molecule has 0 spiro atoms. The predicted octanol–water partition coefficient (Wildman–Crippen LogP) is 3.55. The van der Waals surface area contributed by atoms with Crippen molar-refractivity contribution in [2.45, 2.75) is 51.9 Å². The van der Waals surface area contributed by atoms with Gasteiger partial charge in [0.05, 0.1) is 19.3 Å². The van der Waals surface area contributed by atoms with Crippen molar-refractivity contribution in [2.75, 3.05) is 13.7 Å². The number of Topliss-reactive ketones (excluding diaryl/α,β-unsaturated/α-hetero) is 2. The molecule has 7 nitrogen and oxygen atoms in total. The van der Waals surface area contributed by atoms with Crippen LogP contribution in [0.5, 0.6) is 17.2 Å². The van der Waals surface area contributed by atoms with Gasteiger partial charge in [0.1, 0.15) is 0 Å². The molecule has 1 aromatic rings. The van der Waals surface area contributed by atoms with Crippen LogP contribution in [0.1, 0.15) is 67.8 Å². The predicted molar refractivity (Wildman–Crippen MR) is 103 cm³/mol. The number of aromatic hydroxyl groups is 2. The van der Waals surface area contributed by atoms with E-state index in [9.17, 15) is 24.6 Å². The first-order chi connectivity index (χ1) is 13.4. The first-order valence-corrected chi connectivity index (χ1v) is 9.48. The van der Waals surface area contributed by atoms with E-state index in [-0.39, 0.29) is 29.1 Å². The van der Waals surface area contributed by atoms with Gasteiger partial charge in [-0.2, -0.15) is 0 Å². The highest BCUT2D eigenvalue weighted by Crippen LogP contribution is 2.42. The second-order valence-corrected chi connectivity index (χ2v) is 6.74. The molecule has 152 valence electrons. The normalized spacial score (nSPS) is 13.6. The van der Waals surface area contributed by atoms with Crippen LogP contribution in [-0.4, -0.2) is 41.5 Å². The van der Waals surface area contributed by atoms with E-state index < -0.39 is 35.5 Å². The lowest BCUT2D eigenvalue weighted by atomic mass is 10.00. The molecule has 0 bridgehead atoms. The number of phenols is 2. The largest absolute Gasteiger partial charge is 0.504 e. The topological polar surface area (TPSA) is 110 Å². The van der Waals surface area contributed by atoms with E-state index in [1.807, 2.05) is 0 Å². The zero-order valence-corrected chi connectivity index (χ0v) is 16.2.